The molecule has 4 nitrogen and oxygen atoms in total. The molecule has 0 aliphatic carbocycles. The highest BCUT2D eigenvalue weighted by Crippen LogP contribution is 2.14. The van der Waals surface area contributed by atoms with Gasteiger partial charge in [-0.2, -0.15) is 0 Å². The standard InChI is InChI=1S/C15H22N2O2S/c1-11(2)14(18)5-4-10-16-15(20)17-12-6-8-13(19-3)9-7-12/h6-9,11H,4-5,10H2,1-3H3,(H2,16,17,20). The fraction of sp³-hybridized carbons (Fsp3) is 0.467. The molecule has 0 aromatic heterocycles. The van der Waals surface area contributed by atoms with Crippen LogP contribution in [0.3, 0.4) is 0 Å². The minimum Gasteiger partial charge on any atom is -0.497 e. The van der Waals surface area contributed by atoms with Crippen molar-refractivity contribution < 1.29 is 9.53 Å². The number of anilines is 1. The second-order valence-corrected chi connectivity index (χ2v) is 5.24. The minimum absolute atomic E-state index is 0.111. The molecule has 0 spiro atoms. The fourth-order valence-corrected chi connectivity index (χ4v) is 1.82. The molecule has 20 heavy (non-hydrogen) atoms. The Kier molecular flexibility index (Phi) is 7.01. The van der Waals surface area contributed by atoms with Gasteiger partial charge in [0.2, 0.25) is 0 Å². The number of Topliss-reactive ketones (excluding diaryl/α,β-unsaturated/α-hetero) is 1. The maximum Gasteiger partial charge on any atom is 0.170 e. The molecule has 0 saturated heterocycles. The van der Waals surface area contributed by atoms with E-state index in [9.17, 15) is 4.79 Å². The summed E-state index contributed by atoms with van der Waals surface area (Å²) in [7, 11) is 1.63. The van der Waals surface area contributed by atoms with E-state index in [1.807, 2.05) is 38.1 Å². The van der Waals surface area contributed by atoms with Gasteiger partial charge in [0.15, 0.2) is 5.11 Å². The molecule has 0 unspecified atom stereocenters. The fourth-order valence-electron chi connectivity index (χ4n) is 1.60. The molecule has 0 heterocycles. The Labute approximate surface area is 125 Å². The monoisotopic (exact) mass is 294 g/mol. The molecule has 0 aliphatic heterocycles. The number of carbonyl (C=O) groups is 1. The van der Waals surface area contributed by atoms with Crippen molar-refractivity contribution in [1.29, 1.82) is 0 Å². The van der Waals surface area contributed by atoms with Gasteiger partial charge in [0.05, 0.1) is 7.11 Å². The quantitative estimate of drug-likeness (QED) is 0.598. The average molecular weight is 294 g/mol. The van der Waals surface area contributed by atoms with Gasteiger partial charge in [-0.1, -0.05) is 13.8 Å². The second-order valence-electron chi connectivity index (χ2n) is 4.83. The molecule has 1 rings (SSSR count). The van der Waals surface area contributed by atoms with E-state index >= 15 is 0 Å². The first-order chi connectivity index (χ1) is 9.52. The van der Waals surface area contributed by atoms with Crippen molar-refractivity contribution in [2.75, 3.05) is 19.0 Å². The van der Waals surface area contributed by atoms with Crippen LogP contribution in [0.25, 0.3) is 0 Å². The molecule has 110 valence electrons. The van der Waals surface area contributed by atoms with Crippen LogP contribution in [0.5, 0.6) is 5.75 Å². The first-order valence-corrected chi connectivity index (χ1v) is 7.15. The summed E-state index contributed by atoms with van der Waals surface area (Å²) in [4.78, 5) is 11.5. The van der Waals surface area contributed by atoms with Gasteiger partial charge in [0.1, 0.15) is 11.5 Å². The summed E-state index contributed by atoms with van der Waals surface area (Å²) >= 11 is 5.19. The molecule has 0 fully saturated rings. The molecule has 0 aliphatic rings. The number of hydrogen-bond acceptors (Lipinski definition) is 3. The van der Waals surface area contributed by atoms with Crippen molar-refractivity contribution in [1.82, 2.24) is 5.32 Å². The Hall–Kier alpha value is -1.62. The lowest BCUT2D eigenvalue weighted by molar-refractivity contribution is -0.121. The Bertz CT molecular complexity index is 444. The second kappa shape index (κ2) is 8.53. The van der Waals surface area contributed by atoms with Gasteiger partial charge in [0.25, 0.3) is 0 Å². The van der Waals surface area contributed by atoms with E-state index in [0.29, 0.717) is 23.9 Å². The Balaban J connectivity index is 2.24. The number of nitrogens with one attached hydrogen (secondary N) is 2. The number of ketones is 1. The third-order valence-electron chi connectivity index (χ3n) is 2.88. The summed E-state index contributed by atoms with van der Waals surface area (Å²) in [6, 6.07) is 7.53. The van der Waals surface area contributed by atoms with Crippen LogP contribution in [0.15, 0.2) is 24.3 Å². The lowest BCUT2D eigenvalue weighted by Gasteiger charge is -2.11. The molecule has 0 radical (unpaired) electrons. The van der Waals surface area contributed by atoms with Crippen molar-refractivity contribution in [2.24, 2.45) is 5.92 Å². The summed E-state index contributed by atoms with van der Waals surface area (Å²) in [5.74, 6) is 1.21. The van der Waals surface area contributed by atoms with E-state index in [0.717, 1.165) is 17.9 Å². The van der Waals surface area contributed by atoms with Gasteiger partial charge in [-0.15, -0.1) is 0 Å². The minimum atomic E-state index is 0.111. The van der Waals surface area contributed by atoms with E-state index in [-0.39, 0.29) is 5.92 Å². The zero-order valence-corrected chi connectivity index (χ0v) is 13.0. The summed E-state index contributed by atoms with van der Waals surface area (Å²) in [5, 5.41) is 6.74. The van der Waals surface area contributed by atoms with E-state index in [1.54, 1.807) is 7.11 Å². The molecule has 0 amide bonds. The van der Waals surface area contributed by atoms with Crippen molar-refractivity contribution in [3.63, 3.8) is 0 Å². The van der Waals surface area contributed by atoms with Crippen molar-refractivity contribution in [3.05, 3.63) is 24.3 Å². The number of ether oxygens (including phenoxy) is 1. The molecule has 0 atom stereocenters. The van der Waals surface area contributed by atoms with E-state index in [1.165, 1.54) is 0 Å². The van der Waals surface area contributed by atoms with E-state index in [2.05, 4.69) is 10.6 Å². The first kappa shape index (κ1) is 16.4. The SMILES string of the molecule is COc1ccc(NC(=S)NCCCC(=O)C(C)C)cc1. The average Bonchev–Trinajstić information content (AvgIpc) is 2.44. The molecular formula is C15H22N2O2S. The van der Waals surface area contributed by atoms with Crippen molar-refractivity contribution >= 4 is 28.8 Å². The maximum absolute atomic E-state index is 11.5. The van der Waals surface area contributed by atoms with Gasteiger partial charge in [-0.25, -0.2) is 0 Å². The molecule has 0 bridgehead atoms. The van der Waals surface area contributed by atoms with Crippen LogP contribution in [0.2, 0.25) is 0 Å². The highest BCUT2D eigenvalue weighted by Gasteiger charge is 2.06. The van der Waals surface area contributed by atoms with Crippen molar-refractivity contribution in [2.45, 2.75) is 26.7 Å². The van der Waals surface area contributed by atoms with Crippen LogP contribution in [-0.4, -0.2) is 24.6 Å². The summed E-state index contributed by atoms with van der Waals surface area (Å²) in [5.41, 5.74) is 0.904. The van der Waals surface area contributed by atoms with Gasteiger partial charge in [-0.3, -0.25) is 4.79 Å². The van der Waals surface area contributed by atoms with Crippen LogP contribution < -0.4 is 15.4 Å². The smallest absolute Gasteiger partial charge is 0.170 e. The normalized spacial score (nSPS) is 10.2. The van der Waals surface area contributed by atoms with Crippen LogP contribution in [0.4, 0.5) is 5.69 Å². The maximum atomic E-state index is 11.5. The first-order valence-electron chi connectivity index (χ1n) is 6.74. The molecular weight excluding hydrogens is 272 g/mol. The number of rotatable bonds is 7. The van der Waals surface area contributed by atoms with E-state index < -0.39 is 0 Å². The largest absolute Gasteiger partial charge is 0.497 e. The predicted octanol–water partition coefficient (Wildman–Crippen LogP) is 2.99. The van der Waals surface area contributed by atoms with Crippen LogP contribution in [0.1, 0.15) is 26.7 Å². The van der Waals surface area contributed by atoms with Gasteiger partial charge in [0, 0.05) is 24.6 Å². The Morgan fingerprint density at radius 2 is 1.95 bits per heavy atom. The van der Waals surface area contributed by atoms with Gasteiger partial charge >= 0.3 is 0 Å². The summed E-state index contributed by atoms with van der Waals surface area (Å²) in [6.07, 6.45) is 1.39. The molecule has 2 N–H and O–H groups in total. The van der Waals surface area contributed by atoms with Crippen LogP contribution >= 0.6 is 12.2 Å². The molecule has 1 aromatic carbocycles. The third-order valence-corrected chi connectivity index (χ3v) is 3.12. The summed E-state index contributed by atoms with van der Waals surface area (Å²) in [6.45, 7) is 4.54. The van der Waals surface area contributed by atoms with Crippen LogP contribution in [0, 0.1) is 5.92 Å². The molecule has 0 saturated carbocycles. The number of thiocarbonyl (C=S) groups is 1. The summed E-state index contributed by atoms with van der Waals surface area (Å²) < 4.78 is 5.09. The Morgan fingerprint density at radius 1 is 1.30 bits per heavy atom. The third kappa shape index (κ3) is 6.02. The number of carbonyl (C=O) groups excluding carboxylic acids is 1. The van der Waals surface area contributed by atoms with Gasteiger partial charge < -0.3 is 15.4 Å². The number of hydrogen-bond donors (Lipinski definition) is 2. The highest BCUT2D eigenvalue weighted by atomic mass is 32.1. The molecule has 1 aromatic rings. The predicted molar refractivity (Wildman–Crippen MR) is 86.3 cm³/mol. The Morgan fingerprint density at radius 3 is 2.50 bits per heavy atom. The zero-order valence-electron chi connectivity index (χ0n) is 12.2. The number of methoxy groups -OCH3 is 1. The zero-order chi connectivity index (χ0) is 15.0. The number of benzene rings is 1. The lowest BCUT2D eigenvalue weighted by atomic mass is 10.1. The molecule has 5 heteroatoms. The van der Waals surface area contributed by atoms with Gasteiger partial charge in [-0.05, 0) is 42.9 Å². The van der Waals surface area contributed by atoms with Crippen LogP contribution in [-0.2, 0) is 4.79 Å². The van der Waals surface area contributed by atoms with Crippen molar-refractivity contribution in [3.8, 4) is 5.75 Å². The lowest BCUT2D eigenvalue weighted by Crippen LogP contribution is -2.29. The topological polar surface area (TPSA) is 50.4 Å². The highest BCUT2D eigenvalue weighted by molar-refractivity contribution is 7.80. The van der Waals surface area contributed by atoms with E-state index in [4.69, 9.17) is 17.0 Å².